The van der Waals surface area contributed by atoms with Crippen molar-refractivity contribution >= 4 is 11.5 Å². The Bertz CT molecular complexity index is 316. The molecule has 0 aromatic heterocycles. The van der Waals surface area contributed by atoms with Gasteiger partial charge in [-0.05, 0) is 24.1 Å². The second-order valence-electron chi connectivity index (χ2n) is 3.77. The molecule has 0 radical (unpaired) electrons. The van der Waals surface area contributed by atoms with Crippen molar-refractivity contribution in [1.29, 1.82) is 0 Å². The summed E-state index contributed by atoms with van der Waals surface area (Å²) in [6.45, 7) is 4.54. The van der Waals surface area contributed by atoms with Crippen molar-refractivity contribution in [3.05, 3.63) is 29.8 Å². The average Bonchev–Trinajstić information content (AvgIpc) is 2.29. The topological polar surface area (TPSA) is 20.3 Å². The summed E-state index contributed by atoms with van der Waals surface area (Å²) in [5.41, 5.74) is 2.43. The molecule has 1 rings (SSSR count). The molecule has 2 heteroatoms. The molecule has 0 unspecified atom stereocenters. The zero-order valence-corrected chi connectivity index (χ0v) is 9.79. The molecule has 2 nitrogen and oxygen atoms in total. The van der Waals surface area contributed by atoms with Crippen molar-refractivity contribution in [2.24, 2.45) is 0 Å². The third-order valence-corrected chi connectivity index (χ3v) is 2.59. The van der Waals surface area contributed by atoms with E-state index in [0.717, 1.165) is 12.1 Å². The average molecular weight is 205 g/mol. The Hall–Kier alpha value is -1.31. The fourth-order valence-corrected chi connectivity index (χ4v) is 1.45. The summed E-state index contributed by atoms with van der Waals surface area (Å²) in [4.78, 5) is 13.3. The summed E-state index contributed by atoms with van der Waals surface area (Å²) in [6, 6.07) is 8.37. The fraction of sp³-hybridized carbons (Fsp3) is 0.462. The van der Waals surface area contributed by atoms with E-state index in [9.17, 15) is 4.79 Å². The zero-order chi connectivity index (χ0) is 11.3. The van der Waals surface area contributed by atoms with Crippen LogP contribution < -0.4 is 4.90 Å². The lowest BCUT2D eigenvalue weighted by Crippen LogP contribution is -2.24. The van der Waals surface area contributed by atoms with Gasteiger partial charge in [-0.2, -0.15) is 0 Å². The van der Waals surface area contributed by atoms with E-state index in [1.165, 1.54) is 5.56 Å². The first-order valence-electron chi connectivity index (χ1n) is 5.49. The highest BCUT2D eigenvalue weighted by Crippen LogP contribution is 2.13. The number of aryl methyl sites for hydroxylation is 1. The minimum atomic E-state index is 0.275. The Morgan fingerprint density at radius 2 is 1.80 bits per heavy atom. The number of hydrogen-bond donors (Lipinski definition) is 0. The number of hydrogen-bond acceptors (Lipinski definition) is 2. The van der Waals surface area contributed by atoms with Crippen LogP contribution in [0.25, 0.3) is 0 Å². The molecule has 0 bridgehead atoms. The summed E-state index contributed by atoms with van der Waals surface area (Å²) >= 11 is 0. The van der Waals surface area contributed by atoms with Crippen molar-refractivity contribution < 1.29 is 4.79 Å². The summed E-state index contributed by atoms with van der Waals surface area (Å²) in [7, 11) is 1.95. The highest BCUT2D eigenvalue weighted by atomic mass is 16.1. The predicted molar refractivity (Wildman–Crippen MR) is 64.4 cm³/mol. The number of ketones is 1. The van der Waals surface area contributed by atoms with Crippen LogP contribution in [0.4, 0.5) is 5.69 Å². The lowest BCUT2D eigenvalue weighted by Gasteiger charge is -2.18. The normalized spacial score (nSPS) is 10.1. The molecule has 0 saturated carbocycles. The third kappa shape index (κ3) is 3.39. The summed E-state index contributed by atoms with van der Waals surface area (Å²) in [6.07, 6.45) is 1.66. The molecule has 0 saturated heterocycles. The van der Waals surface area contributed by atoms with Gasteiger partial charge in [0, 0.05) is 19.2 Å². The van der Waals surface area contributed by atoms with Crippen molar-refractivity contribution in [3.8, 4) is 0 Å². The molecule has 0 atom stereocenters. The van der Waals surface area contributed by atoms with Crippen molar-refractivity contribution in [3.63, 3.8) is 0 Å². The first-order chi connectivity index (χ1) is 7.17. The van der Waals surface area contributed by atoms with Gasteiger partial charge >= 0.3 is 0 Å². The van der Waals surface area contributed by atoms with Crippen LogP contribution in [0.2, 0.25) is 0 Å². The minimum Gasteiger partial charge on any atom is -0.367 e. The molecule has 0 amide bonds. The molecule has 82 valence electrons. The number of nitrogens with zero attached hydrogens (tertiary/aromatic N) is 1. The SMILES string of the molecule is CCC(=O)CN(C)c1ccc(CC)cc1. The van der Waals surface area contributed by atoms with E-state index in [1.807, 2.05) is 18.9 Å². The van der Waals surface area contributed by atoms with E-state index in [1.54, 1.807) is 0 Å². The second-order valence-corrected chi connectivity index (χ2v) is 3.77. The molecule has 0 aliphatic rings. The van der Waals surface area contributed by atoms with Crippen LogP contribution in [0.1, 0.15) is 25.8 Å². The summed E-state index contributed by atoms with van der Waals surface area (Å²) < 4.78 is 0. The molecule has 15 heavy (non-hydrogen) atoms. The maximum atomic E-state index is 11.3. The molecule has 0 N–H and O–H groups in total. The van der Waals surface area contributed by atoms with E-state index in [4.69, 9.17) is 0 Å². The Morgan fingerprint density at radius 3 is 2.27 bits per heavy atom. The quantitative estimate of drug-likeness (QED) is 0.736. The Morgan fingerprint density at radius 1 is 1.20 bits per heavy atom. The van der Waals surface area contributed by atoms with Gasteiger partial charge in [0.25, 0.3) is 0 Å². The molecule has 1 aromatic rings. The van der Waals surface area contributed by atoms with Crippen LogP contribution >= 0.6 is 0 Å². The standard InChI is InChI=1S/C13H19NO/c1-4-11-6-8-12(9-7-11)14(3)10-13(15)5-2/h6-9H,4-5,10H2,1-3H3. The van der Waals surface area contributed by atoms with Gasteiger partial charge in [0.1, 0.15) is 0 Å². The van der Waals surface area contributed by atoms with E-state index >= 15 is 0 Å². The lowest BCUT2D eigenvalue weighted by molar-refractivity contribution is -0.117. The number of rotatable bonds is 5. The van der Waals surface area contributed by atoms with Gasteiger partial charge in [-0.15, -0.1) is 0 Å². The number of carbonyl (C=O) groups is 1. The fourth-order valence-electron chi connectivity index (χ4n) is 1.45. The molecule has 0 aliphatic carbocycles. The van der Waals surface area contributed by atoms with Crippen molar-refractivity contribution in [2.75, 3.05) is 18.5 Å². The predicted octanol–water partition coefficient (Wildman–Crippen LogP) is 2.66. The Balaban J connectivity index is 2.65. The van der Waals surface area contributed by atoms with Crippen molar-refractivity contribution in [2.45, 2.75) is 26.7 Å². The number of Topliss-reactive ketones (excluding diaryl/α,β-unsaturated/α-hetero) is 1. The smallest absolute Gasteiger partial charge is 0.151 e. The lowest BCUT2D eigenvalue weighted by atomic mass is 10.1. The summed E-state index contributed by atoms with van der Waals surface area (Å²) in [5.74, 6) is 0.275. The van der Waals surface area contributed by atoms with Crippen molar-refractivity contribution in [1.82, 2.24) is 0 Å². The van der Waals surface area contributed by atoms with Crippen LogP contribution in [0.15, 0.2) is 24.3 Å². The molecule has 0 aliphatic heterocycles. The number of anilines is 1. The highest BCUT2D eigenvalue weighted by molar-refractivity contribution is 5.83. The van der Waals surface area contributed by atoms with Crippen LogP contribution in [0, 0.1) is 0 Å². The van der Waals surface area contributed by atoms with E-state index in [-0.39, 0.29) is 5.78 Å². The molecular weight excluding hydrogens is 186 g/mol. The van der Waals surface area contributed by atoms with Gasteiger partial charge in [0.15, 0.2) is 5.78 Å². The highest BCUT2D eigenvalue weighted by Gasteiger charge is 2.04. The first-order valence-corrected chi connectivity index (χ1v) is 5.49. The molecule has 1 aromatic carbocycles. The van der Waals surface area contributed by atoms with E-state index < -0.39 is 0 Å². The minimum absolute atomic E-state index is 0.275. The van der Waals surface area contributed by atoms with Gasteiger partial charge in [-0.1, -0.05) is 26.0 Å². The summed E-state index contributed by atoms with van der Waals surface area (Å²) in [5, 5.41) is 0. The maximum Gasteiger partial charge on any atom is 0.151 e. The first kappa shape index (κ1) is 11.8. The maximum absolute atomic E-state index is 11.3. The third-order valence-electron chi connectivity index (χ3n) is 2.59. The number of likely N-dealkylation sites (N-methyl/N-ethyl adjacent to an activating group) is 1. The van der Waals surface area contributed by atoms with Crippen LogP contribution in [-0.2, 0) is 11.2 Å². The van der Waals surface area contributed by atoms with Gasteiger partial charge in [-0.3, -0.25) is 4.79 Å². The molecule has 0 heterocycles. The van der Waals surface area contributed by atoms with Gasteiger partial charge in [0.05, 0.1) is 6.54 Å². The molecular formula is C13H19NO. The number of carbonyl (C=O) groups excluding carboxylic acids is 1. The Kier molecular flexibility index (Phi) is 4.35. The zero-order valence-electron chi connectivity index (χ0n) is 9.79. The van der Waals surface area contributed by atoms with Gasteiger partial charge < -0.3 is 4.90 Å². The monoisotopic (exact) mass is 205 g/mol. The largest absolute Gasteiger partial charge is 0.367 e. The Labute approximate surface area is 91.9 Å². The van der Waals surface area contributed by atoms with Gasteiger partial charge in [-0.25, -0.2) is 0 Å². The van der Waals surface area contributed by atoms with Crippen LogP contribution in [-0.4, -0.2) is 19.4 Å². The van der Waals surface area contributed by atoms with Gasteiger partial charge in [0.2, 0.25) is 0 Å². The van der Waals surface area contributed by atoms with E-state index in [2.05, 4.69) is 31.2 Å². The second kappa shape index (κ2) is 5.54. The van der Waals surface area contributed by atoms with E-state index in [0.29, 0.717) is 13.0 Å². The van der Waals surface area contributed by atoms with Crippen LogP contribution in [0.5, 0.6) is 0 Å². The molecule has 0 fully saturated rings. The number of benzene rings is 1. The molecule has 0 spiro atoms. The van der Waals surface area contributed by atoms with Crippen LogP contribution in [0.3, 0.4) is 0 Å².